The monoisotopic (exact) mass is 344 g/mol. The summed E-state index contributed by atoms with van der Waals surface area (Å²) in [6, 6.07) is 9.42. The minimum Gasteiger partial charge on any atom is -0.366 e. The normalized spacial score (nSPS) is 20.3. The Balaban J connectivity index is 2.57. The lowest BCUT2D eigenvalue weighted by atomic mass is 9.78. The van der Waals surface area contributed by atoms with Gasteiger partial charge in [-0.3, -0.25) is 4.79 Å². The second-order valence-electron chi connectivity index (χ2n) is 6.06. The van der Waals surface area contributed by atoms with Crippen LogP contribution in [0.15, 0.2) is 40.5 Å². The fourth-order valence-electron chi connectivity index (χ4n) is 2.92. The lowest BCUT2D eigenvalue weighted by molar-refractivity contribution is -0.116. The molecule has 24 heavy (non-hydrogen) atoms. The maximum Gasteiger partial charge on any atom is 0.203 e. The number of amidine groups is 1. The zero-order chi connectivity index (χ0) is 17.9. The first-order valence-electron chi connectivity index (χ1n) is 8.10. The van der Waals surface area contributed by atoms with Crippen LogP contribution in [0.4, 0.5) is 0 Å². The lowest BCUT2D eigenvalue weighted by Crippen LogP contribution is -2.57. The molecule has 0 bridgehead atoms. The van der Waals surface area contributed by atoms with Crippen LogP contribution in [0.5, 0.6) is 0 Å². The smallest absolute Gasteiger partial charge is 0.203 e. The molecule has 0 fully saturated rings. The topological polar surface area (TPSA) is 48.3 Å². The van der Waals surface area contributed by atoms with Gasteiger partial charge in [-0.15, -0.1) is 10.2 Å². The first kappa shape index (κ1) is 18.3. The second kappa shape index (κ2) is 7.21. The van der Waals surface area contributed by atoms with Crippen molar-refractivity contribution in [1.82, 2.24) is 9.80 Å². The molecule has 1 aliphatic heterocycles. The Hall–Kier alpha value is -2.08. The summed E-state index contributed by atoms with van der Waals surface area (Å²) in [6.07, 6.45) is 0. The molecule has 1 heterocycles. The highest BCUT2D eigenvalue weighted by Crippen LogP contribution is 2.31. The molecule has 0 aliphatic carbocycles. The van der Waals surface area contributed by atoms with Crippen LogP contribution in [0.25, 0.3) is 0 Å². The van der Waals surface area contributed by atoms with Crippen molar-refractivity contribution in [1.29, 1.82) is 0 Å². The largest absolute Gasteiger partial charge is 0.366 e. The highest BCUT2D eigenvalue weighted by molar-refractivity contribution is 7.80. The average Bonchev–Trinajstić information content (AvgIpc) is 2.58. The predicted octanol–water partition coefficient (Wildman–Crippen LogP) is 2.61. The summed E-state index contributed by atoms with van der Waals surface area (Å²) in [6.45, 7) is 7.41. The van der Waals surface area contributed by atoms with Gasteiger partial charge in [0.15, 0.2) is 0 Å². The number of Topliss-reactive ketones (excluding diaryl/α,β-unsaturated/α-hetero) is 1. The zero-order valence-electron chi connectivity index (χ0n) is 14.9. The van der Waals surface area contributed by atoms with E-state index in [2.05, 4.69) is 10.2 Å². The highest BCUT2D eigenvalue weighted by Gasteiger charge is 2.49. The Labute approximate surface area is 149 Å². The molecule has 2 rings (SSSR count). The molecule has 1 aromatic carbocycles. The van der Waals surface area contributed by atoms with Gasteiger partial charge in [0.05, 0.1) is 4.99 Å². The van der Waals surface area contributed by atoms with Crippen LogP contribution in [0.2, 0.25) is 0 Å². The minimum atomic E-state index is -1.00. The lowest BCUT2D eigenvalue weighted by Gasteiger charge is -2.39. The van der Waals surface area contributed by atoms with Crippen LogP contribution >= 0.6 is 12.2 Å². The van der Waals surface area contributed by atoms with Gasteiger partial charge in [0.2, 0.25) is 5.78 Å². The Bertz CT molecular complexity index is 692. The van der Waals surface area contributed by atoms with Crippen LogP contribution in [-0.4, -0.2) is 59.3 Å². The van der Waals surface area contributed by atoms with Gasteiger partial charge in [-0.25, -0.2) is 0 Å². The van der Waals surface area contributed by atoms with E-state index in [9.17, 15) is 4.79 Å². The van der Waals surface area contributed by atoms with Crippen LogP contribution in [-0.2, 0) is 4.79 Å². The van der Waals surface area contributed by atoms with E-state index in [0.717, 1.165) is 18.7 Å². The molecular formula is C18H24N4OS. The molecule has 0 saturated heterocycles. The number of hydrogen-bond donors (Lipinski definition) is 0. The van der Waals surface area contributed by atoms with Gasteiger partial charge >= 0.3 is 0 Å². The first-order chi connectivity index (χ1) is 11.4. The van der Waals surface area contributed by atoms with Gasteiger partial charge in [-0.2, -0.15) is 0 Å². The Morgan fingerprint density at radius 1 is 1.12 bits per heavy atom. The molecule has 1 aromatic rings. The molecule has 1 atom stereocenters. The van der Waals surface area contributed by atoms with E-state index in [-0.39, 0.29) is 5.78 Å². The van der Waals surface area contributed by atoms with E-state index >= 15 is 0 Å². The summed E-state index contributed by atoms with van der Waals surface area (Å²) < 4.78 is 0. The number of benzene rings is 1. The van der Waals surface area contributed by atoms with Crippen molar-refractivity contribution < 1.29 is 4.79 Å². The quantitative estimate of drug-likeness (QED) is 0.788. The number of rotatable bonds is 4. The predicted molar refractivity (Wildman–Crippen MR) is 103 cm³/mol. The Kier molecular flexibility index (Phi) is 5.49. The summed E-state index contributed by atoms with van der Waals surface area (Å²) in [5.41, 5.74) is 0.119. The summed E-state index contributed by atoms with van der Waals surface area (Å²) in [5, 5.41) is 8.57. The number of carbonyl (C=O) groups is 1. The molecule has 1 aliphatic rings. The van der Waals surface area contributed by atoms with Crippen molar-refractivity contribution in [2.24, 2.45) is 15.6 Å². The molecule has 128 valence electrons. The molecule has 1 unspecified atom stereocenters. The van der Waals surface area contributed by atoms with E-state index in [1.54, 1.807) is 0 Å². The van der Waals surface area contributed by atoms with Crippen molar-refractivity contribution in [3.05, 3.63) is 35.9 Å². The molecule has 0 amide bonds. The third-order valence-corrected chi connectivity index (χ3v) is 4.98. The molecule has 6 heteroatoms. The van der Waals surface area contributed by atoms with Gasteiger partial charge in [-0.1, -0.05) is 42.5 Å². The number of hydrogen-bond acceptors (Lipinski definition) is 5. The van der Waals surface area contributed by atoms with Gasteiger partial charge in [0.1, 0.15) is 17.0 Å². The second-order valence-corrected chi connectivity index (χ2v) is 6.45. The van der Waals surface area contributed by atoms with E-state index in [1.165, 1.54) is 0 Å². The van der Waals surface area contributed by atoms with Crippen molar-refractivity contribution in [3.63, 3.8) is 0 Å². The van der Waals surface area contributed by atoms with E-state index in [4.69, 9.17) is 12.2 Å². The third-order valence-electron chi connectivity index (χ3n) is 4.31. The highest BCUT2D eigenvalue weighted by atomic mass is 32.1. The molecule has 5 nitrogen and oxygen atoms in total. The van der Waals surface area contributed by atoms with Gasteiger partial charge in [-0.05, 0) is 20.8 Å². The molecule has 0 saturated carbocycles. The molecule has 0 radical (unpaired) electrons. The van der Waals surface area contributed by atoms with Gasteiger partial charge in [0, 0.05) is 32.7 Å². The summed E-state index contributed by atoms with van der Waals surface area (Å²) in [7, 11) is 3.72. The maximum absolute atomic E-state index is 13.4. The minimum absolute atomic E-state index is 0.107. The summed E-state index contributed by atoms with van der Waals surface area (Å²) >= 11 is 5.73. The first-order valence-corrected chi connectivity index (χ1v) is 8.51. The van der Waals surface area contributed by atoms with Crippen LogP contribution in [0, 0.1) is 5.41 Å². The van der Waals surface area contributed by atoms with Crippen molar-refractivity contribution in [2.75, 3.05) is 27.2 Å². The molecule has 0 aromatic heterocycles. The molecular weight excluding hydrogens is 320 g/mol. The average molecular weight is 344 g/mol. The van der Waals surface area contributed by atoms with Crippen molar-refractivity contribution in [3.8, 4) is 0 Å². The van der Waals surface area contributed by atoms with Gasteiger partial charge < -0.3 is 9.80 Å². The van der Waals surface area contributed by atoms with Crippen LogP contribution in [0.1, 0.15) is 26.3 Å². The van der Waals surface area contributed by atoms with Gasteiger partial charge in [0.25, 0.3) is 0 Å². The van der Waals surface area contributed by atoms with E-state index in [1.807, 2.05) is 75.0 Å². The fraction of sp³-hybridized carbons (Fsp3) is 0.444. The number of carbonyl (C=O) groups excluding carboxylic acids is 1. The molecule has 0 N–H and O–H groups in total. The van der Waals surface area contributed by atoms with E-state index in [0.29, 0.717) is 16.5 Å². The number of thiocarbonyl (C=S) groups is 1. The zero-order valence-corrected chi connectivity index (χ0v) is 15.7. The van der Waals surface area contributed by atoms with Crippen molar-refractivity contribution >= 4 is 34.5 Å². The standard InChI is InChI=1S/C18H24N4OS/c1-6-22(7-2)17(24)18(3)15(23)14(13-11-9-8-10-12-13)19-20-16(18)21(4)5/h8-12H,6-7H2,1-5H3. The summed E-state index contributed by atoms with van der Waals surface area (Å²) in [5.74, 6) is 0.466. The Morgan fingerprint density at radius 2 is 1.71 bits per heavy atom. The fourth-order valence-corrected chi connectivity index (χ4v) is 3.36. The van der Waals surface area contributed by atoms with Crippen molar-refractivity contribution in [2.45, 2.75) is 20.8 Å². The third kappa shape index (κ3) is 2.98. The molecule has 0 spiro atoms. The van der Waals surface area contributed by atoms with Crippen LogP contribution < -0.4 is 0 Å². The number of nitrogens with zero attached hydrogens (tertiary/aromatic N) is 4. The number of ketones is 1. The van der Waals surface area contributed by atoms with E-state index < -0.39 is 5.41 Å². The Morgan fingerprint density at radius 3 is 2.21 bits per heavy atom. The van der Waals surface area contributed by atoms with Crippen LogP contribution in [0.3, 0.4) is 0 Å². The summed E-state index contributed by atoms with van der Waals surface area (Å²) in [4.78, 5) is 17.8. The SMILES string of the molecule is CCN(CC)C(=S)C1(C)C(=O)C(c2ccccc2)=NN=C1N(C)C. The maximum atomic E-state index is 13.4.